The largest absolute Gasteiger partial charge is 0.494 e. The molecule has 1 aliphatic heterocycles. The summed E-state index contributed by atoms with van der Waals surface area (Å²) in [7, 11) is 0. The zero-order chi connectivity index (χ0) is 25.8. The number of imide groups is 1. The molecule has 2 aromatic carbocycles. The molecule has 0 spiro atoms. The summed E-state index contributed by atoms with van der Waals surface area (Å²) in [5, 5.41) is 11.2. The molecule has 9 nitrogen and oxygen atoms in total. The highest BCUT2D eigenvalue weighted by Crippen LogP contribution is 2.34. The fourth-order valence-electron chi connectivity index (χ4n) is 3.34. The van der Waals surface area contributed by atoms with Gasteiger partial charge in [-0.2, -0.15) is 0 Å². The Balaban J connectivity index is 1.42. The van der Waals surface area contributed by atoms with Crippen molar-refractivity contribution in [1.82, 2.24) is 4.90 Å². The van der Waals surface area contributed by atoms with Crippen molar-refractivity contribution in [2.24, 2.45) is 0 Å². The van der Waals surface area contributed by atoms with Crippen molar-refractivity contribution in [2.45, 2.75) is 6.92 Å². The standard InChI is InChI=1S/C25H19ClN2O7S/c1-2-34-16-6-4-15(5-7-16)27-22(29)13-28-23(30)21(36-25(28)33)12-17-8-10-20(35-17)14-3-9-18(24(31)32)19(26)11-14/h3-12H,2,13H2,1H3,(H,27,29)(H,31,32)/b21-12+. The number of anilines is 1. The van der Waals surface area contributed by atoms with Crippen molar-refractivity contribution in [3.8, 4) is 17.1 Å². The van der Waals surface area contributed by atoms with Crippen molar-refractivity contribution >= 4 is 58.1 Å². The van der Waals surface area contributed by atoms with E-state index in [9.17, 15) is 19.2 Å². The number of aromatic carboxylic acids is 1. The summed E-state index contributed by atoms with van der Waals surface area (Å²) >= 11 is 6.72. The number of thioether (sulfide) groups is 1. The lowest BCUT2D eigenvalue weighted by molar-refractivity contribution is -0.127. The smallest absolute Gasteiger partial charge is 0.337 e. The van der Waals surface area contributed by atoms with Crippen molar-refractivity contribution in [1.29, 1.82) is 0 Å². The van der Waals surface area contributed by atoms with Gasteiger partial charge in [0.15, 0.2) is 0 Å². The first-order chi connectivity index (χ1) is 17.2. The minimum atomic E-state index is -1.14. The molecule has 0 unspecified atom stereocenters. The third-order valence-corrected chi connectivity index (χ3v) is 6.23. The van der Waals surface area contributed by atoms with E-state index in [-0.39, 0.29) is 15.5 Å². The Morgan fingerprint density at radius 3 is 2.56 bits per heavy atom. The second-order valence-corrected chi connectivity index (χ2v) is 8.88. The van der Waals surface area contributed by atoms with E-state index in [4.69, 9.17) is 25.9 Å². The van der Waals surface area contributed by atoms with Crippen LogP contribution in [0.5, 0.6) is 5.75 Å². The highest BCUT2D eigenvalue weighted by molar-refractivity contribution is 8.18. The summed E-state index contributed by atoms with van der Waals surface area (Å²) in [6.45, 7) is 1.95. The first-order valence-corrected chi connectivity index (χ1v) is 11.9. The van der Waals surface area contributed by atoms with Gasteiger partial charge >= 0.3 is 5.97 Å². The number of nitrogens with zero attached hydrogens (tertiary/aromatic N) is 1. The number of hydrogen-bond acceptors (Lipinski definition) is 7. The van der Waals surface area contributed by atoms with Crippen LogP contribution in [0.15, 0.2) is 63.9 Å². The van der Waals surface area contributed by atoms with Crippen LogP contribution in [-0.4, -0.2) is 46.2 Å². The average molecular weight is 527 g/mol. The zero-order valence-corrected chi connectivity index (χ0v) is 20.4. The van der Waals surface area contributed by atoms with Gasteiger partial charge in [-0.05, 0) is 67.2 Å². The third kappa shape index (κ3) is 5.61. The van der Waals surface area contributed by atoms with Gasteiger partial charge in [-0.25, -0.2) is 4.79 Å². The molecule has 36 heavy (non-hydrogen) atoms. The van der Waals surface area contributed by atoms with Crippen molar-refractivity contribution < 1.29 is 33.4 Å². The Kier molecular flexibility index (Phi) is 7.47. The van der Waals surface area contributed by atoms with E-state index in [1.807, 2.05) is 6.92 Å². The van der Waals surface area contributed by atoms with Crippen LogP contribution in [0, 0.1) is 0 Å². The van der Waals surface area contributed by atoms with E-state index in [1.54, 1.807) is 42.5 Å². The molecule has 1 aliphatic rings. The predicted octanol–water partition coefficient (Wildman–Crippen LogP) is 5.37. The Morgan fingerprint density at radius 2 is 1.89 bits per heavy atom. The Hall–Kier alpha value is -4.02. The molecular formula is C25H19ClN2O7S. The van der Waals surface area contributed by atoms with Crippen molar-refractivity contribution in [3.63, 3.8) is 0 Å². The number of halogens is 1. The molecule has 3 aromatic rings. The first-order valence-electron chi connectivity index (χ1n) is 10.7. The highest BCUT2D eigenvalue weighted by Gasteiger charge is 2.36. The molecule has 0 saturated carbocycles. The fourth-order valence-corrected chi connectivity index (χ4v) is 4.42. The molecule has 184 valence electrons. The minimum Gasteiger partial charge on any atom is -0.494 e. The van der Waals surface area contributed by atoms with Gasteiger partial charge in [0.25, 0.3) is 11.1 Å². The topological polar surface area (TPSA) is 126 Å². The second-order valence-electron chi connectivity index (χ2n) is 7.48. The Bertz CT molecular complexity index is 1380. The normalized spacial score (nSPS) is 14.4. The number of nitrogens with one attached hydrogen (secondary N) is 1. The van der Waals surface area contributed by atoms with Crippen LogP contribution in [0.3, 0.4) is 0 Å². The number of carboxylic acids is 1. The number of carbonyl (C=O) groups is 4. The van der Waals surface area contributed by atoms with Gasteiger partial charge in [-0.1, -0.05) is 17.7 Å². The van der Waals surface area contributed by atoms with Gasteiger partial charge in [0.2, 0.25) is 5.91 Å². The number of rotatable bonds is 8. The monoisotopic (exact) mass is 526 g/mol. The molecule has 3 amide bonds. The van der Waals surface area contributed by atoms with Gasteiger partial charge in [-0.3, -0.25) is 19.3 Å². The van der Waals surface area contributed by atoms with E-state index in [0.717, 1.165) is 4.90 Å². The van der Waals surface area contributed by atoms with Crippen molar-refractivity contribution in [3.05, 3.63) is 75.8 Å². The molecule has 1 saturated heterocycles. The summed E-state index contributed by atoms with van der Waals surface area (Å²) in [6.07, 6.45) is 1.41. The molecule has 0 bridgehead atoms. The maximum absolute atomic E-state index is 12.8. The van der Waals surface area contributed by atoms with Gasteiger partial charge in [0.05, 0.1) is 22.1 Å². The number of amides is 3. The van der Waals surface area contributed by atoms with Crippen LogP contribution in [0.25, 0.3) is 17.4 Å². The van der Waals surface area contributed by atoms with E-state index < -0.39 is 29.6 Å². The van der Waals surface area contributed by atoms with E-state index >= 15 is 0 Å². The average Bonchev–Trinajstić information content (AvgIpc) is 3.40. The number of carbonyl (C=O) groups excluding carboxylic acids is 3. The number of hydrogen-bond donors (Lipinski definition) is 2. The van der Waals surface area contributed by atoms with E-state index in [1.165, 1.54) is 18.2 Å². The Labute approximate surface area is 214 Å². The van der Waals surface area contributed by atoms with Crippen LogP contribution < -0.4 is 10.1 Å². The van der Waals surface area contributed by atoms with Crippen LogP contribution in [0.2, 0.25) is 5.02 Å². The first kappa shape index (κ1) is 25.1. The van der Waals surface area contributed by atoms with Crippen LogP contribution in [0.4, 0.5) is 10.5 Å². The predicted molar refractivity (Wildman–Crippen MR) is 135 cm³/mol. The molecule has 2 N–H and O–H groups in total. The molecule has 0 atom stereocenters. The van der Waals surface area contributed by atoms with Crippen LogP contribution in [-0.2, 0) is 9.59 Å². The summed E-state index contributed by atoms with van der Waals surface area (Å²) in [5.74, 6) is -0.922. The number of carboxylic acid groups (broad SMARTS) is 1. The van der Waals surface area contributed by atoms with Gasteiger partial charge in [0.1, 0.15) is 23.8 Å². The van der Waals surface area contributed by atoms with E-state index in [2.05, 4.69) is 5.32 Å². The molecule has 0 radical (unpaired) electrons. The molecule has 1 fully saturated rings. The summed E-state index contributed by atoms with van der Waals surface area (Å²) < 4.78 is 11.1. The number of benzene rings is 2. The van der Waals surface area contributed by atoms with Crippen LogP contribution in [0.1, 0.15) is 23.0 Å². The molecule has 4 rings (SSSR count). The summed E-state index contributed by atoms with van der Waals surface area (Å²) in [6, 6.07) is 14.3. The lowest BCUT2D eigenvalue weighted by Gasteiger charge is -2.12. The molecular weight excluding hydrogens is 508 g/mol. The zero-order valence-electron chi connectivity index (χ0n) is 18.8. The highest BCUT2D eigenvalue weighted by atomic mass is 35.5. The fraction of sp³-hybridized carbons (Fsp3) is 0.120. The number of furan rings is 1. The Morgan fingerprint density at radius 1 is 1.14 bits per heavy atom. The lowest BCUT2D eigenvalue weighted by Crippen LogP contribution is -2.36. The third-order valence-electron chi connectivity index (χ3n) is 5.01. The lowest BCUT2D eigenvalue weighted by atomic mass is 10.1. The van der Waals surface area contributed by atoms with Gasteiger partial charge in [0, 0.05) is 17.3 Å². The van der Waals surface area contributed by atoms with Crippen molar-refractivity contribution in [2.75, 3.05) is 18.5 Å². The summed E-state index contributed by atoms with van der Waals surface area (Å²) in [4.78, 5) is 49.6. The SMILES string of the molecule is CCOc1ccc(NC(=O)CN2C(=O)S/C(=C/c3ccc(-c4ccc(C(=O)O)c(Cl)c4)o3)C2=O)cc1. The second kappa shape index (κ2) is 10.7. The maximum Gasteiger partial charge on any atom is 0.337 e. The molecule has 1 aromatic heterocycles. The van der Waals surface area contributed by atoms with Gasteiger partial charge < -0.3 is 19.6 Å². The van der Waals surface area contributed by atoms with Gasteiger partial charge in [-0.15, -0.1) is 0 Å². The summed E-state index contributed by atoms with van der Waals surface area (Å²) in [5.41, 5.74) is 1.02. The molecule has 0 aliphatic carbocycles. The number of ether oxygens (including phenoxy) is 1. The molecule has 2 heterocycles. The van der Waals surface area contributed by atoms with E-state index in [0.29, 0.717) is 46.9 Å². The maximum atomic E-state index is 12.8. The molecule has 11 heteroatoms. The van der Waals surface area contributed by atoms with Crippen LogP contribution >= 0.6 is 23.4 Å². The quantitative estimate of drug-likeness (QED) is 0.375. The minimum absolute atomic E-state index is 0.0348.